The van der Waals surface area contributed by atoms with E-state index >= 15 is 0 Å². The molecule has 0 spiro atoms. The molecule has 0 aromatic heterocycles. The topological polar surface area (TPSA) is 66.5 Å². The molecule has 5 nitrogen and oxygen atoms in total. The number of amides is 1. The lowest BCUT2D eigenvalue weighted by molar-refractivity contribution is -0.126. The van der Waals surface area contributed by atoms with Gasteiger partial charge in [0, 0.05) is 25.6 Å². The van der Waals surface area contributed by atoms with Crippen LogP contribution in [0.25, 0.3) is 0 Å². The Bertz CT molecular complexity index is 633. The van der Waals surface area contributed by atoms with E-state index in [2.05, 4.69) is 12.2 Å². The van der Waals surface area contributed by atoms with Crippen LogP contribution in [0, 0.1) is 12.8 Å². The second-order valence-corrected chi connectivity index (χ2v) is 8.53. The van der Waals surface area contributed by atoms with Crippen LogP contribution >= 0.6 is 0 Å². The number of benzene rings is 1. The summed E-state index contributed by atoms with van der Waals surface area (Å²) >= 11 is 0. The molecule has 1 aromatic rings. The van der Waals surface area contributed by atoms with Crippen LogP contribution in [-0.4, -0.2) is 38.3 Å². The lowest BCUT2D eigenvalue weighted by Gasteiger charge is -2.30. The van der Waals surface area contributed by atoms with Crippen molar-refractivity contribution in [2.24, 2.45) is 5.92 Å². The predicted molar refractivity (Wildman–Crippen MR) is 96.0 cm³/mol. The molecule has 24 heavy (non-hydrogen) atoms. The monoisotopic (exact) mass is 352 g/mol. The molecule has 0 atom stereocenters. The summed E-state index contributed by atoms with van der Waals surface area (Å²) in [5.74, 6) is 0.0346. The molecule has 1 saturated heterocycles. The van der Waals surface area contributed by atoms with E-state index in [1.807, 2.05) is 31.2 Å². The van der Waals surface area contributed by atoms with Gasteiger partial charge >= 0.3 is 0 Å². The maximum absolute atomic E-state index is 12.6. The number of carbonyl (C=O) groups is 1. The highest BCUT2D eigenvalue weighted by molar-refractivity contribution is 7.88. The number of piperidine rings is 1. The highest BCUT2D eigenvalue weighted by atomic mass is 32.2. The molecule has 1 heterocycles. The Morgan fingerprint density at radius 3 is 2.42 bits per heavy atom. The van der Waals surface area contributed by atoms with Gasteiger partial charge in [0.25, 0.3) is 0 Å². The molecule has 0 bridgehead atoms. The van der Waals surface area contributed by atoms with E-state index in [-0.39, 0.29) is 17.6 Å². The number of rotatable bonds is 7. The molecular formula is C18H28N2O3S. The third kappa shape index (κ3) is 5.31. The van der Waals surface area contributed by atoms with E-state index in [9.17, 15) is 13.2 Å². The van der Waals surface area contributed by atoms with Gasteiger partial charge in [0.2, 0.25) is 15.9 Å². The average molecular weight is 353 g/mol. The first-order chi connectivity index (χ1) is 11.4. The van der Waals surface area contributed by atoms with Crippen LogP contribution in [0.5, 0.6) is 0 Å². The minimum atomic E-state index is -3.32. The Kier molecular flexibility index (Phi) is 6.80. The van der Waals surface area contributed by atoms with Crippen LogP contribution in [0.3, 0.4) is 0 Å². The maximum Gasteiger partial charge on any atom is 0.223 e. The number of unbranched alkanes of at least 4 members (excludes halogenated alkanes) is 1. The summed E-state index contributed by atoms with van der Waals surface area (Å²) in [6.07, 6.45) is 3.24. The first kappa shape index (κ1) is 18.9. The second kappa shape index (κ2) is 8.62. The number of carbonyl (C=O) groups excluding carboxylic acids is 1. The molecule has 1 aliphatic rings. The Balaban J connectivity index is 1.86. The summed E-state index contributed by atoms with van der Waals surface area (Å²) in [6.45, 7) is 5.64. The van der Waals surface area contributed by atoms with Crippen LogP contribution in [0.4, 0.5) is 0 Å². The van der Waals surface area contributed by atoms with Crippen molar-refractivity contribution in [2.75, 3.05) is 19.6 Å². The summed E-state index contributed by atoms with van der Waals surface area (Å²) in [5, 5.41) is 2.95. The third-order valence-electron chi connectivity index (χ3n) is 4.52. The quantitative estimate of drug-likeness (QED) is 0.767. The van der Waals surface area contributed by atoms with Gasteiger partial charge in [0.05, 0.1) is 5.75 Å². The van der Waals surface area contributed by atoms with Crippen molar-refractivity contribution in [2.45, 2.75) is 45.3 Å². The zero-order chi connectivity index (χ0) is 17.6. The summed E-state index contributed by atoms with van der Waals surface area (Å²) in [5.41, 5.74) is 1.92. The summed E-state index contributed by atoms with van der Waals surface area (Å²) in [4.78, 5) is 12.1. The predicted octanol–water partition coefficient (Wildman–Crippen LogP) is 2.45. The van der Waals surface area contributed by atoms with Gasteiger partial charge in [0.15, 0.2) is 0 Å². The van der Waals surface area contributed by atoms with Crippen LogP contribution in [0.1, 0.15) is 43.7 Å². The van der Waals surface area contributed by atoms with Gasteiger partial charge in [-0.2, -0.15) is 0 Å². The van der Waals surface area contributed by atoms with E-state index in [0.717, 1.165) is 24.0 Å². The summed E-state index contributed by atoms with van der Waals surface area (Å²) in [7, 11) is -3.32. The molecule has 0 radical (unpaired) electrons. The molecule has 2 rings (SSSR count). The fourth-order valence-corrected chi connectivity index (χ4v) is 4.48. The van der Waals surface area contributed by atoms with Crippen LogP contribution in [0.15, 0.2) is 24.3 Å². The van der Waals surface area contributed by atoms with E-state index in [4.69, 9.17) is 0 Å². The van der Waals surface area contributed by atoms with Gasteiger partial charge in [-0.1, -0.05) is 43.2 Å². The molecule has 1 N–H and O–H groups in total. The molecular weight excluding hydrogens is 324 g/mol. The van der Waals surface area contributed by atoms with Gasteiger partial charge in [0.1, 0.15) is 0 Å². The molecule has 0 unspecified atom stereocenters. The standard InChI is InChI=1S/C18H28N2O3S/c1-3-4-11-19-18(21)17-9-12-20(13-10-17)24(22,23)14-16-7-5-15(2)6-8-16/h5-8,17H,3-4,9-14H2,1-2H3,(H,19,21). The Labute approximate surface area is 145 Å². The number of aryl methyl sites for hydroxylation is 1. The second-order valence-electron chi connectivity index (χ2n) is 6.56. The van der Waals surface area contributed by atoms with Gasteiger partial charge in [-0.25, -0.2) is 12.7 Å². The zero-order valence-corrected chi connectivity index (χ0v) is 15.4. The number of hydrogen-bond donors (Lipinski definition) is 1. The molecule has 1 aliphatic heterocycles. The molecule has 0 aliphatic carbocycles. The van der Waals surface area contributed by atoms with Crippen molar-refractivity contribution in [3.8, 4) is 0 Å². The van der Waals surface area contributed by atoms with E-state index in [0.29, 0.717) is 32.5 Å². The number of hydrogen-bond acceptors (Lipinski definition) is 3. The third-order valence-corrected chi connectivity index (χ3v) is 6.37. The molecule has 1 amide bonds. The van der Waals surface area contributed by atoms with Gasteiger partial charge in [-0.05, 0) is 31.7 Å². The lowest BCUT2D eigenvalue weighted by atomic mass is 9.97. The highest BCUT2D eigenvalue weighted by Crippen LogP contribution is 2.22. The molecule has 134 valence electrons. The average Bonchev–Trinajstić information content (AvgIpc) is 2.57. The Morgan fingerprint density at radius 1 is 1.21 bits per heavy atom. The van der Waals surface area contributed by atoms with Crippen molar-refractivity contribution in [3.63, 3.8) is 0 Å². The molecule has 6 heteroatoms. The van der Waals surface area contributed by atoms with Crippen molar-refractivity contribution in [1.29, 1.82) is 0 Å². The Hall–Kier alpha value is -1.40. The van der Waals surface area contributed by atoms with E-state index < -0.39 is 10.0 Å². The largest absolute Gasteiger partial charge is 0.356 e. The van der Waals surface area contributed by atoms with Crippen LogP contribution in [-0.2, 0) is 20.6 Å². The highest BCUT2D eigenvalue weighted by Gasteiger charge is 2.30. The number of sulfonamides is 1. The summed E-state index contributed by atoms with van der Waals surface area (Å²) in [6, 6.07) is 7.58. The smallest absolute Gasteiger partial charge is 0.223 e. The number of nitrogens with one attached hydrogen (secondary N) is 1. The normalized spacial score (nSPS) is 16.9. The molecule has 1 aromatic carbocycles. The lowest BCUT2D eigenvalue weighted by Crippen LogP contribution is -2.43. The van der Waals surface area contributed by atoms with Crippen molar-refractivity contribution in [3.05, 3.63) is 35.4 Å². The van der Waals surface area contributed by atoms with E-state index in [1.165, 1.54) is 4.31 Å². The Morgan fingerprint density at radius 2 is 1.83 bits per heavy atom. The molecule has 1 fully saturated rings. The molecule has 0 saturated carbocycles. The minimum Gasteiger partial charge on any atom is -0.356 e. The van der Waals surface area contributed by atoms with Crippen molar-refractivity contribution < 1.29 is 13.2 Å². The van der Waals surface area contributed by atoms with E-state index in [1.54, 1.807) is 0 Å². The maximum atomic E-state index is 12.6. The first-order valence-corrected chi connectivity index (χ1v) is 10.3. The summed E-state index contributed by atoms with van der Waals surface area (Å²) < 4.78 is 26.6. The van der Waals surface area contributed by atoms with Crippen LogP contribution in [0.2, 0.25) is 0 Å². The fourth-order valence-electron chi connectivity index (χ4n) is 2.92. The first-order valence-electron chi connectivity index (χ1n) is 8.73. The van der Waals surface area contributed by atoms with Gasteiger partial charge < -0.3 is 5.32 Å². The van der Waals surface area contributed by atoms with Crippen LogP contribution < -0.4 is 5.32 Å². The number of nitrogens with zero attached hydrogens (tertiary/aromatic N) is 1. The van der Waals surface area contributed by atoms with Gasteiger partial charge in [-0.3, -0.25) is 4.79 Å². The van der Waals surface area contributed by atoms with Crippen molar-refractivity contribution in [1.82, 2.24) is 9.62 Å². The SMILES string of the molecule is CCCCNC(=O)C1CCN(S(=O)(=O)Cc2ccc(C)cc2)CC1. The zero-order valence-electron chi connectivity index (χ0n) is 14.6. The fraction of sp³-hybridized carbons (Fsp3) is 0.611. The minimum absolute atomic E-state index is 0.0284. The van der Waals surface area contributed by atoms with Gasteiger partial charge in [-0.15, -0.1) is 0 Å². The van der Waals surface area contributed by atoms with Crippen molar-refractivity contribution >= 4 is 15.9 Å².